The van der Waals surface area contributed by atoms with Crippen LogP contribution in [0.1, 0.15) is 50.1 Å². The van der Waals surface area contributed by atoms with Gasteiger partial charge in [0, 0.05) is 18.0 Å². The van der Waals surface area contributed by atoms with Gasteiger partial charge in [-0.3, -0.25) is 4.79 Å². The highest BCUT2D eigenvalue weighted by atomic mass is 35.5. The molecule has 1 aliphatic heterocycles. The fraction of sp³-hybridized carbons (Fsp3) is 0.562. The molecule has 0 radical (unpaired) electrons. The lowest BCUT2D eigenvalue weighted by Gasteiger charge is -2.30. The first-order valence-corrected chi connectivity index (χ1v) is 7.85. The van der Waals surface area contributed by atoms with E-state index >= 15 is 0 Å². The van der Waals surface area contributed by atoms with Crippen LogP contribution in [0.15, 0.2) is 24.3 Å². The van der Waals surface area contributed by atoms with Crippen molar-refractivity contribution >= 4 is 29.9 Å². The predicted octanol–water partition coefficient (Wildman–Crippen LogP) is 3.94. The van der Waals surface area contributed by atoms with Gasteiger partial charge in [-0.15, -0.1) is 12.4 Å². The molecule has 2 rings (SSSR count). The van der Waals surface area contributed by atoms with E-state index in [4.69, 9.17) is 17.3 Å². The highest BCUT2D eigenvalue weighted by molar-refractivity contribution is 6.30. The van der Waals surface area contributed by atoms with E-state index in [-0.39, 0.29) is 24.4 Å². The maximum Gasteiger partial charge on any atom is 0.223 e. The van der Waals surface area contributed by atoms with Crippen LogP contribution in [0, 0.1) is 0 Å². The number of amides is 1. The molecule has 1 heterocycles. The fourth-order valence-electron chi connectivity index (χ4n) is 2.84. The molecule has 118 valence electrons. The summed E-state index contributed by atoms with van der Waals surface area (Å²) < 4.78 is 0. The van der Waals surface area contributed by atoms with Gasteiger partial charge in [0.15, 0.2) is 0 Å². The number of benzene rings is 1. The molecule has 3 nitrogen and oxygen atoms in total. The second kappa shape index (κ2) is 9.29. The predicted molar refractivity (Wildman–Crippen MR) is 89.9 cm³/mol. The number of carbonyl (C=O) groups is 1. The van der Waals surface area contributed by atoms with Crippen molar-refractivity contribution in [3.8, 4) is 0 Å². The van der Waals surface area contributed by atoms with Crippen molar-refractivity contribution in [2.75, 3.05) is 13.1 Å². The molecule has 0 bridgehead atoms. The molecule has 0 aliphatic carbocycles. The minimum absolute atomic E-state index is 0. The summed E-state index contributed by atoms with van der Waals surface area (Å²) >= 11 is 5.96. The molecule has 0 aromatic heterocycles. The Labute approximate surface area is 138 Å². The molecular formula is C16H24Cl2N2O. The van der Waals surface area contributed by atoms with Gasteiger partial charge in [0.25, 0.3) is 0 Å². The Morgan fingerprint density at radius 3 is 2.62 bits per heavy atom. The molecule has 1 fully saturated rings. The van der Waals surface area contributed by atoms with Gasteiger partial charge in [0.05, 0.1) is 6.04 Å². The van der Waals surface area contributed by atoms with Crippen LogP contribution in [0.5, 0.6) is 0 Å². The fourth-order valence-corrected chi connectivity index (χ4v) is 2.96. The van der Waals surface area contributed by atoms with E-state index in [1.54, 1.807) is 0 Å². The first-order valence-electron chi connectivity index (χ1n) is 7.47. The molecule has 2 N–H and O–H groups in total. The monoisotopic (exact) mass is 330 g/mol. The van der Waals surface area contributed by atoms with E-state index in [1.165, 1.54) is 18.4 Å². The standard InChI is InChI=1S/C16H23ClN2O.ClH/c17-14-9-7-13(8-10-14)15-5-2-1-3-12-19(15)16(20)6-4-11-18;/h7-10,15H,1-6,11-12,18H2;1H. The largest absolute Gasteiger partial charge is 0.336 e. The smallest absolute Gasteiger partial charge is 0.223 e. The van der Waals surface area contributed by atoms with E-state index in [2.05, 4.69) is 0 Å². The van der Waals surface area contributed by atoms with Crippen LogP contribution in [0.25, 0.3) is 0 Å². The second-order valence-corrected chi connectivity index (χ2v) is 5.83. The van der Waals surface area contributed by atoms with E-state index in [9.17, 15) is 4.79 Å². The van der Waals surface area contributed by atoms with Crippen LogP contribution in [0.3, 0.4) is 0 Å². The van der Waals surface area contributed by atoms with Gasteiger partial charge in [-0.05, 0) is 43.5 Å². The molecule has 21 heavy (non-hydrogen) atoms. The number of carbonyl (C=O) groups excluding carboxylic acids is 1. The van der Waals surface area contributed by atoms with Crippen molar-refractivity contribution in [3.05, 3.63) is 34.9 Å². The molecule has 5 heteroatoms. The summed E-state index contributed by atoms with van der Waals surface area (Å²) in [6.07, 6.45) is 5.83. The van der Waals surface area contributed by atoms with Crippen LogP contribution in [-0.4, -0.2) is 23.9 Å². The zero-order valence-corrected chi connectivity index (χ0v) is 13.8. The lowest BCUT2D eigenvalue weighted by atomic mass is 10.0. The Bertz CT molecular complexity index is 436. The first kappa shape index (κ1) is 18.3. The van der Waals surface area contributed by atoms with Crippen molar-refractivity contribution < 1.29 is 4.79 Å². The normalized spacial score (nSPS) is 18.8. The molecular weight excluding hydrogens is 307 g/mol. The quantitative estimate of drug-likeness (QED) is 0.908. The van der Waals surface area contributed by atoms with Gasteiger partial charge >= 0.3 is 0 Å². The molecule has 1 aromatic carbocycles. The third-order valence-corrected chi connectivity index (χ3v) is 4.17. The number of hydrogen-bond acceptors (Lipinski definition) is 2. The van der Waals surface area contributed by atoms with E-state index < -0.39 is 0 Å². The molecule has 1 amide bonds. The average Bonchev–Trinajstić information content (AvgIpc) is 2.71. The lowest BCUT2D eigenvalue weighted by molar-refractivity contribution is -0.133. The molecule has 1 saturated heterocycles. The zero-order chi connectivity index (χ0) is 14.4. The van der Waals surface area contributed by atoms with Crippen LogP contribution < -0.4 is 5.73 Å². The summed E-state index contributed by atoms with van der Waals surface area (Å²) in [5.41, 5.74) is 6.71. The van der Waals surface area contributed by atoms with Gasteiger partial charge in [-0.25, -0.2) is 0 Å². The van der Waals surface area contributed by atoms with Gasteiger partial charge in [-0.1, -0.05) is 36.6 Å². The molecule has 0 saturated carbocycles. The van der Waals surface area contributed by atoms with E-state index in [1.807, 2.05) is 29.2 Å². The number of nitrogens with zero attached hydrogens (tertiary/aromatic N) is 1. The minimum Gasteiger partial charge on any atom is -0.336 e. The van der Waals surface area contributed by atoms with Gasteiger partial charge < -0.3 is 10.6 Å². The number of likely N-dealkylation sites (tertiary alicyclic amines) is 1. The molecule has 1 aliphatic rings. The van der Waals surface area contributed by atoms with Crippen LogP contribution in [0.2, 0.25) is 5.02 Å². The summed E-state index contributed by atoms with van der Waals surface area (Å²) in [7, 11) is 0. The SMILES string of the molecule is Cl.NCCCC(=O)N1CCCCCC1c1ccc(Cl)cc1. The number of nitrogens with two attached hydrogens (primary N) is 1. The third kappa shape index (κ3) is 5.17. The molecule has 1 atom stereocenters. The van der Waals surface area contributed by atoms with Crippen molar-refractivity contribution in [2.45, 2.75) is 44.6 Å². The zero-order valence-electron chi connectivity index (χ0n) is 12.3. The van der Waals surface area contributed by atoms with Crippen molar-refractivity contribution in [1.82, 2.24) is 4.90 Å². The minimum atomic E-state index is 0. The van der Waals surface area contributed by atoms with Crippen molar-refractivity contribution in [2.24, 2.45) is 5.73 Å². The average molecular weight is 331 g/mol. The Kier molecular flexibility index (Phi) is 8.09. The van der Waals surface area contributed by atoms with Crippen LogP contribution in [0.4, 0.5) is 0 Å². The van der Waals surface area contributed by atoms with Gasteiger partial charge in [0.2, 0.25) is 5.91 Å². The van der Waals surface area contributed by atoms with Gasteiger partial charge in [0.1, 0.15) is 0 Å². The van der Waals surface area contributed by atoms with Gasteiger partial charge in [-0.2, -0.15) is 0 Å². The van der Waals surface area contributed by atoms with Crippen LogP contribution in [-0.2, 0) is 4.79 Å². The maximum atomic E-state index is 12.4. The summed E-state index contributed by atoms with van der Waals surface area (Å²) in [6.45, 7) is 1.43. The summed E-state index contributed by atoms with van der Waals surface area (Å²) in [5.74, 6) is 0.234. The Balaban J connectivity index is 0.00000220. The highest BCUT2D eigenvalue weighted by Crippen LogP contribution is 2.31. The summed E-state index contributed by atoms with van der Waals surface area (Å²) in [6, 6.07) is 8.09. The van der Waals surface area contributed by atoms with Crippen molar-refractivity contribution in [1.29, 1.82) is 0 Å². The summed E-state index contributed by atoms with van der Waals surface area (Å²) in [5, 5.41) is 0.739. The Morgan fingerprint density at radius 1 is 1.24 bits per heavy atom. The number of halogens is 2. The van der Waals surface area contributed by atoms with Crippen LogP contribution >= 0.6 is 24.0 Å². The van der Waals surface area contributed by atoms with E-state index in [0.717, 1.165) is 30.8 Å². The second-order valence-electron chi connectivity index (χ2n) is 5.40. The third-order valence-electron chi connectivity index (χ3n) is 3.92. The molecule has 1 unspecified atom stereocenters. The lowest BCUT2D eigenvalue weighted by Crippen LogP contribution is -2.34. The molecule has 0 spiro atoms. The maximum absolute atomic E-state index is 12.4. The Morgan fingerprint density at radius 2 is 1.95 bits per heavy atom. The summed E-state index contributed by atoms with van der Waals surface area (Å²) in [4.78, 5) is 14.5. The molecule has 1 aromatic rings. The Hall–Kier alpha value is -0.770. The number of rotatable bonds is 4. The highest BCUT2D eigenvalue weighted by Gasteiger charge is 2.26. The first-order chi connectivity index (χ1) is 9.72. The topological polar surface area (TPSA) is 46.3 Å². The van der Waals surface area contributed by atoms with E-state index in [0.29, 0.717) is 13.0 Å². The number of hydrogen-bond donors (Lipinski definition) is 1. The van der Waals surface area contributed by atoms with Crippen molar-refractivity contribution in [3.63, 3.8) is 0 Å².